The zero-order chi connectivity index (χ0) is 22.0. The number of hydrogen-bond donors (Lipinski definition) is 1. The smallest absolute Gasteiger partial charge is 0.281 e. The van der Waals surface area contributed by atoms with Gasteiger partial charge >= 0.3 is 0 Å². The van der Waals surface area contributed by atoms with E-state index in [1.807, 2.05) is 4.57 Å². The van der Waals surface area contributed by atoms with Gasteiger partial charge in [0.05, 0.1) is 19.7 Å². The van der Waals surface area contributed by atoms with Gasteiger partial charge in [0, 0.05) is 19.1 Å². The average molecular weight is 472 g/mol. The SMILES string of the molecule is Cl.[C-]#[N+]c1ccc(Cn2c(Cl)nc3nc(N4CCCC(N)C4)n(CC#CC)c3c2=O)cc1. The van der Waals surface area contributed by atoms with E-state index in [1.54, 1.807) is 31.2 Å². The largest absolute Gasteiger partial charge is 0.341 e. The molecule has 3 heterocycles. The third kappa shape index (κ3) is 4.58. The Labute approximate surface area is 197 Å². The molecule has 1 aromatic carbocycles. The molecule has 4 rings (SSSR count). The zero-order valence-corrected chi connectivity index (χ0v) is 19.2. The van der Waals surface area contributed by atoms with Gasteiger partial charge in [0.25, 0.3) is 5.56 Å². The maximum absolute atomic E-state index is 13.5. The van der Waals surface area contributed by atoms with Crippen molar-refractivity contribution in [2.75, 3.05) is 18.0 Å². The normalized spacial score (nSPS) is 15.6. The number of benzene rings is 1. The van der Waals surface area contributed by atoms with Crippen molar-refractivity contribution in [3.63, 3.8) is 0 Å². The molecule has 10 heteroatoms. The van der Waals surface area contributed by atoms with Crippen molar-refractivity contribution in [3.8, 4) is 11.8 Å². The summed E-state index contributed by atoms with van der Waals surface area (Å²) in [4.78, 5) is 28.0. The number of aromatic nitrogens is 4. The second kappa shape index (κ2) is 10.1. The second-order valence-corrected chi connectivity index (χ2v) is 7.83. The summed E-state index contributed by atoms with van der Waals surface area (Å²) in [6.07, 6.45) is 1.93. The van der Waals surface area contributed by atoms with Crippen LogP contribution in [-0.4, -0.2) is 38.2 Å². The summed E-state index contributed by atoms with van der Waals surface area (Å²) in [5, 5.41) is 0.0693. The number of hydrogen-bond acceptors (Lipinski definition) is 5. The van der Waals surface area contributed by atoms with Crippen molar-refractivity contribution >= 4 is 46.8 Å². The first-order valence-corrected chi connectivity index (χ1v) is 10.4. The molecule has 1 aliphatic rings. The van der Waals surface area contributed by atoms with Gasteiger partial charge in [-0.05, 0) is 36.9 Å². The molecule has 2 aromatic heterocycles. The molecule has 1 saturated heterocycles. The summed E-state index contributed by atoms with van der Waals surface area (Å²) in [6.45, 7) is 10.9. The fraction of sp³-hybridized carbons (Fsp3) is 0.364. The van der Waals surface area contributed by atoms with E-state index in [9.17, 15) is 4.79 Å². The van der Waals surface area contributed by atoms with E-state index in [0.717, 1.165) is 24.9 Å². The first kappa shape index (κ1) is 23.6. The maximum atomic E-state index is 13.5. The number of imidazole rings is 1. The minimum Gasteiger partial charge on any atom is -0.341 e. The van der Waals surface area contributed by atoms with Crippen molar-refractivity contribution in [2.45, 2.75) is 38.9 Å². The lowest BCUT2D eigenvalue weighted by molar-refractivity contribution is 0.496. The van der Waals surface area contributed by atoms with Crippen molar-refractivity contribution in [1.82, 2.24) is 19.1 Å². The van der Waals surface area contributed by atoms with Crippen LogP contribution in [0.4, 0.5) is 11.6 Å². The van der Waals surface area contributed by atoms with Crippen molar-refractivity contribution in [3.05, 3.63) is 56.9 Å². The van der Waals surface area contributed by atoms with Crippen molar-refractivity contribution < 1.29 is 0 Å². The first-order valence-electron chi connectivity index (χ1n) is 10.0. The van der Waals surface area contributed by atoms with Crippen molar-refractivity contribution in [1.29, 1.82) is 0 Å². The number of piperidine rings is 1. The van der Waals surface area contributed by atoms with Gasteiger partial charge in [0.15, 0.2) is 16.9 Å². The lowest BCUT2D eigenvalue weighted by Crippen LogP contribution is -2.44. The Bertz CT molecular complexity index is 1280. The van der Waals surface area contributed by atoms with Crippen LogP contribution in [0, 0.1) is 18.4 Å². The molecule has 2 N–H and O–H groups in total. The first-order chi connectivity index (χ1) is 15.0. The van der Waals surface area contributed by atoms with Gasteiger partial charge in [-0.3, -0.25) is 13.9 Å². The highest BCUT2D eigenvalue weighted by Crippen LogP contribution is 2.24. The van der Waals surface area contributed by atoms with Gasteiger partial charge < -0.3 is 10.6 Å². The zero-order valence-electron chi connectivity index (χ0n) is 17.6. The van der Waals surface area contributed by atoms with Crippen LogP contribution in [0.5, 0.6) is 0 Å². The lowest BCUT2D eigenvalue weighted by atomic mass is 10.1. The predicted octanol–water partition coefficient (Wildman–Crippen LogP) is 3.22. The van der Waals surface area contributed by atoms with Crippen LogP contribution in [0.15, 0.2) is 29.1 Å². The number of halogens is 2. The van der Waals surface area contributed by atoms with E-state index in [4.69, 9.17) is 23.9 Å². The van der Waals surface area contributed by atoms with Gasteiger partial charge in [-0.25, -0.2) is 4.85 Å². The lowest BCUT2D eigenvalue weighted by Gasteiger charge is -2.31. The van der Waals surface area contributed by atoms with E-state index in [1.165, 1.54) is 4.57 Å². The summed E-state index contributed by atoms with van der Waals surface area (Å²) in [6, 6.07) is 7.10. The molecule has 0 amide bonds. The van der Waals surface area contributed by atoms with Gasteiger partial charge in [-0.2, -0.15) is 9.97 Å². The van der Waals surface area contributed by atoms with E-state index in [-0.39, 0.29) is 35.8 Å². The summed E-state index contributed by atoms with van der Waals surface area (Å²) in [5.74, 6) is 6.57. The Morgan fingerprint density at radius 3 is 2.69 bits per heavy atom. The van der Waals surface area contributed by atoms with Crippen LogP contribution in [0.25, 0.3) is 16.0 Å². The standard InChI is InChI=1S/C22H22ClN7O.ClH/c1-3-4-12-29-18-19(27-22(29)28-11-5-6-16(24)14-28)26-21(23)30(20(18)31)13-15-7-9-17(25-2)10-8-15;/h7-10,16H,5-6,11-14,24H2,1H3;1H. The summed E-state index contributed by atoms with van der Waals surface area (Å²) >= 11 is 6.38. The van der Waals surface area contributed by atoms with Crippen LogP contribution in [0.1, 0.15) is 25.3 Å². The summed E-state index contributed by atoms with van der Waals surface area (Å²) in [5.41, 5.74) is 7.95. The Morgan fingerprint density at radius 1 is 1.28 bits per heavy atom. The van der Waals surface area contributed by atoms with E-state index >= 15 is 0 Å². The molecule has 0 spiro atoms. The van der Waals surface area contributed by atoms with Crippen LogP contribution >= 0.6 is 24.0 Å². The second-order valence-electron chi connectivity index (χ2n) is 7.50. The van der Waals surface area contributed by atoms with Crippen molar-refractivity contribution in [2.24, 2.45) is 5.73 Å². The number of nitrogens with two attached hydrogens (primary N) is 1. The molecular formula is C22H23Cl2N7O. The fourth-order valence-electron chi connectivity index (χ4n) is 3.81. The van der Waals surface area contributed by atoms with Gasteiger partial charge in [-0.15, -0.1) is 18.3 Å². The topological polar surface area (TPSA) is 86.3 Å². The highest BCUT2D eigenvalue weighted by Gasteiger charge is 2.25. The Morgan fingerprint density at radius 2 is 2.03 bits per heavy atom. The molecule has 0 bridgehead atoms. The molecule has 166 valence electrons. The van der Waals surface area contributed by atoms with Gasteiger partial charge in [0.2, 0.25) is 11.2 Å². The number of rotatable bonds is 4. The molecule has 0 aliphatic carbocycles. The molecule has 1 aliphatic heterocycles. The molecular weight excluding hydrogens is 449 g/mol. The highest BCUT2D eigenvalue weighted by molar-refractivity contribution is 6.28. The van der Waals surface area contributed by atoms with Crippen LogP contribution in [0.2, 0.25) is 5.28 Å². The molecule has 1 fully saturated rings. The predicted molar refractivity (Wildman–Crippen MR) is 129 cm³/mol. The van der Waals surface area contributed by atoms with E-state index in [0.29, 0.717) is 35.9 Å². The number of fused-ring (bicyclic) bond motifs is 1. The van der Waals surface area contributed by atoms with Crippen LogP contribution in [0.3, 0.4) is 0 Å². The Hall–Kier alpha value is -3.04. The number of anilines is 1. The number of nitrogens with zero attached hydrogens (tertiary/aromatic N) is 6. The molecule has 0 radical (unpaired) electrons. The minimum absolute atomic E-state index is 0. The fourth-order valence-corrected chi connectivity index (χ4v) is 4.03. The maximum Gasteiger partial charge on any atom is 0.281 e. The van der Waals surface area contributed by atoms with Gasteiger partial charge in [-0.1, -0.05) is 30.2 Å². The summed E-state index contributed by atoms with van der Waals surface area (Å²) in [7, 11) is 0. The van der Waals surface area contributed by atoms with E-state index in [2.05, 4.69) is 31.6 Å². The Kier molecular flexibility index (Phi) is 7.42. The third-order valence-corrected chi connectivity index (χ3v) is 5.65. The quantitative estimate of drug-likeness (QED) is 0.358. The monoisotopic (exact) mass is 471 g/mol. The molecule has 0 saturated carbocycles. The van der Waals surface area contributed by atoms with Crippen LogP contribution < -0.4 is 16.2 Å². The highest BCUT2D eigenvalue weighted by atomic mass is 35.5. The van der Waals surface area contributed by atoms with E-state index < -0.39 is 0 Å². The minimum atomic E-state index is -0.276. The molecule has 32 heavy (non-hydrogen) atoms. The third-order valence-electron chi connectivity index (χ3n) is 5.36. The molecule has 8 nitrogen and oxygen atoms in total. The molecule has 3 aromatic rings. The van der Waals surface area contributed by atoms with Crippen LogP contribution in [-0.2, 0) is 13.1 Å². The average Bonchev–Trinajstić information content (AvgIpc) is 3.14. The summed E-state index contributed by atoms with van der Waals surface area (Å²) < 4.78 is 3.23. The van der Waals surface area contributed by atoms with Gasteiger partial charge in [0.1, 0.15) is 0 Å². The Balaban J connectivity index is 0.00000289. The molecule has 1 atom stereocenters. The molecule has 1 unspecified atom stereocenters.